The van der Waals surface area contributed by atoms with Gasteiger partial charge in [0, 0.05) is 41.7 Å². The molecular weight excluding hydrogens is 404 g/mol. The zero-order valence-corrected chi connectivity index (χ0v) is 18.1. The number of benzene rings is 1. The van der Waals surface area contributed by atoms with Crippen molar-refractivity contribution in [2.24, 2.45) is 0 Å². The molecule has 150 valence electrons. The summed E-state index contributed by atoms with van der Waals surface area (Å²) in [6, 6.07) is 11.7. The lowest BCUT2D eigenvalue weighted by Crippen LogP contribution is -2.12. The Morgan fingerprint density at radius 2 is 1.90 bits per heavy atom. The molecule has 0 radical (unpaired) electrons. The smallest absolute Gasteiger partial charge is 0.341 e. The lowest BCUT2D eigenvalue weighted by Gasteiger charge is -2.11. The zero-order chi connectivity index (χ0) is 20.8. The van der Waals surface area contributed by atoms with E-state index in [1.165, 1.54) is 28.7 Å². The van der Waals surface area contributed by atoms with Crippen LogP contribution in [-0.2, 0) is 9.53 Å². The molecule has 0 unspecified atom stereocenters. The molecule has 2 heterocycles. The molecule has 3 aromatic rings. The maximum atomic E-state index is 12.5. The fourth-order valence-corrected chi connectivity index (χ4v) is 4.45. The molecule has 29 heavy (non-hydrogen) atoms. The summed E-state index contributed by atoms with van der Waals surface area (Å²) in [5, 5.41) is 7.13. The molecule has 1 amide bonds. The fourth-order valence-electron chi connectivity index (χ4n) is 2.68. The van der Waals surface area contributed by atoms with Crippen LogP contribution in [0.2, 0.25) is 0 Å². The molecule has 1 N–H and O–H groups in total. The largest absolute Gasteiger partial charge is 0.462 e. The number of amides is 1. The van der Waals surface area contributed by atoms with Gasteiger partial charge in [0.2, 0.25) is 5.91 Å². The van der Waals surface area contributed by atoms with E-state index in [1.807, 2.05) is 66.2 Å². The predicted molar refractivity (Wildman–Crippen MR) is 122 cm³/mol. The molecule has 0 spiro atoms. The van der Waals surface area contributed by atoms with Crippen molar-refractivity contribution >= 4 is 51.3 Å². The van der Waals surface area contributed by atoms with Crippen molar-refractivity contribution in [1.29, 1.82) is 0 Å². The summed E-state index contributed by atoms with van der Waals surface area (Å²) in [4.78, 5) is 27.9. The zero-order valence-electron chi connectivity index (χ0n) is 16.5. The van der Waals surface area contributed by atoms with Gasteiger partial charge in [-0.3, -0.25) is 4.79 Å². The molecule has 0 saturated carbocycles. The van der Waals surface area contributed by atoms with Crippen LogP contribution in [-0.4, -0.2) is 32.6 Å². The number of ether oxygens (including phenoxy) is 1. The van der Waals surface area contributed by atoms with Gasteiger partial charge in [0.05, 0.1) is 6.61 Å². The van der Waals surface area contributed by atoms with Crippen molar-refractivity contribution in [2.45, 2.75) is 6.92 Å². The number of carbonyl (C=O) groups is 2. The van der Waals surface area contributed by atoms with Gasteiger partial charge in [0.1, 0.15) is 10.6 Å². The van der Waals surface area contributed by atoms with Gasteiger partial charge in [-0.25, -0.2) is 4.79 Å². The van der Waals surface area contributed by atoms with E-state index in [9.17, 15) is 9.59 Å². The molecule has 0 bridgehead atoms. The first kappa shape index (κ1) is 20.8. The number of thiophene rings is 2. The molecule has 7 heteroatoms. The number of anilines is 2. The van der Waals surface area contributed by atoms with E-state index in [1.54, 1.807) is 13.0 Å². The van der Waals surface area contributed by atoms with E-state index in [0.717, 1.165) is 21.7 Å². The Bertz CT molecular complexity index is 1000. The lowest BCUT2D eigenvalue weighted by molar-refractivity contribution is -0.111. The second-order valence-corrected chi connectivity index (χ2v) is 8.19. The van der Waals surface area contributed by atoms with Crippen LogP contribution < -0.4 is 10.2 Å². The summed E-state index contributed by atoms with van der Waals surface area (Å²) in [7, 11) is 3.95. The first-order valence-electron chi connectivity index (χ1n) is 9.08. The summed E-state index contributed by atoms with van der Waals surface area (Å²) in [6.07, 6.45) is 3.21. The highest BCUT2D eigenvalue weighted by Gasteiger charge is 2.22. The maximum absolute atomic E-state index is 12.5. The molecule has 5 nitrogen and oxygen atoms in total. The van der Waals surface area contributed by atoms with Gasteiger partial charge in [-0.1, -0.05) is 18.2 Å². The Kier molecular flexibility index (Phi) is 6.85. The Morgan fingerprint density at radius 3 is 2.52 bits per heavy atom. The third-order valence-corrected chi connectivity index (χ3v) is 5.93. The molecule has 3 rings (SSSR count). The maximum Gasteiger partial charge on any atom is 0.341 e. The normalized spacial score (nSPS) is 10.9. The number of hydrogen-bond acceptors (Lipinski definition) is 6. The van der Waals surface area contributed by atoms with Crippen LogP contribution >= 0.6 is 22.7 Å². The Balaban J connectivity index is 1.78. The number of hydrogen-bond donors (Lipinski definition) is 1. The average molecular weight is 427 g/mol. The second-order valence-electron chi connectivity index (χ2n) is 6.36. The summed E-state index contributed by atoms with van der Waals surface area (Å²) in [5.74, 6) is -0.734. The molecule has 0 aliphatic rings. The molecule has 0 fully saturated rings. The van der Waals surface area contributed by atoms with E-state index in [0.29, 0.717) is 10.6 Å². The third-order valence-electron chi connectivity index (χ3n) is 4.13. The minimum atomic E-state index is -0.435. The number of nitrogens with one attached hydrogen (secondary N) is 1. The Hall–Kier alpha value is -2.90. The van der Waals surface area contributed by atoms with Crippen molar-refractivity contribution in [3.05, 3.63) is 64.4 Å². The van der Waals surface area contributed by atoms with E-state index < -0.39 is 5.97 Å². The first-order valence-corrected chi connectivity index (χ1v) is 10.8. The summed E-state index contributed by atoms with van der Waals surface area (Å²) in [6.45, 7) is 2.03. The van der Waals surface area contributed by atoms with E-state index >= 15 is 0 Å². The van der Waals surface area contributed by atoms with Crippen molar-refractivity contribution in [2.75, 3.05) is 30.9 Å². The van der Waals surface area contributed by atoms with E-state index in [4.69, 9.17) is 4.74 Å². The van der Waals surface area contributed by atoms with Crippen LogP contribution in [0.1, 0.15) is 22.8 Å². The summed E-state index contributed by atoms with van der Waals surface area (Å²) >= 11 is 2.86. The van der Waals surface area contributed by atoms with Crippen molar-refractivity contribution in [1.82, 2.24) is 0 Å². The topological polar surface area (TPSA) is 58.6 Å². The van der Waals surface area contributed by atoms with Gasteiger partial charge >= 0.3 is 5.97 Å². The first-order chi connectivity index (χ1) is 14.0. The molecule has 0 aliphatic carbocycles. The molecule has 2 aromatic heterocycles. The van der Waals surface area contributed by atoms with Crippen LogP contribution in [0.5, 0.6) is 0 Å². The van der Waals surface area contributed by atoms with E-state index in [2.05, 4.69) is 5.32 Å². The van der Waals surface area contributed by atoms with Gasteiger partial charge in [-0.2, -0.15) is 0 Å². The highest BCUT2D eigenvalue weighted by molar-refractivity contribution is 7.17. The molecular formula is C22H22N2O3S2. The third kappa shape index (κ3) is 5.13. The number of carbonyl (C=O) groups excluding carboxylic acids is 2. The van der Waals surface area contributed by atoms with Crippen LogP contribution in [0, 0.1) is 0 Å². The van der Waals surface area contributed by atoms with Crippen LogP contribution in [0.25, 0.3) is 16.5 Å². The summed E-state index contributed by atoms with van der Waals surface area (Å²) < 4.78 is 5.21. The number of nitrogens with zero attached hydrogens (tertiary/aromatic N) is 1. The Labute approximate surface area is 178 Å². The quantitative estimate of drug-likeness (QED) is 0.407. The molecule has 1 aromatic carbocycles. The van der Waals surface area contributed by atoms with Crippen LogP contribution in [0.3, 0.4) is 0 Å². The second kappa shape index (κ2) is 9.54. The predicted octanol–water partition coefficient (Wildman–Crippen LogP) is 5.37. The summed E-state index contributed by atoms with van der Waals surface area (Å²) in [5.41, 5.74) is 3.19. The van der Waals surface area contributed by atoms with Crippen molar-refractivity contribution in [3.63, 3.8) is 0 Å². The van der Waals surface area contributed by atoms with E-state index in [-0.39, 0.29) is 12.5 Å². The highest BCUT2D eigenvalue weighted by Crippen LogP contribution is 2.38. The lowest BCUT2D eigenvalue weighted by atomic mass is 10.1. The average Bonchev–Trinajstić information content (AvgIpc) is 3.36. The minimum absolute atomic E-state index is 0.273. The Morgan fingerprint density at radius 1 is 1.14 bits per heavy atom. The highest BCUT2D eigenvalue weighted by atomic mass is 32.1. The van der Waals surface area contributed by atoms with Gasteiger partial charge in [-0.15, -0.1) is 22.7 Å². The minimum Gasteiger partial charge on any atom is -0.462 e. The fraction of sp³-hybridized carbons (Fsp3) is 0.182. The molecule has 0 atom stereocenters. The number of rotatable bonds is 7. The SMILES string of the molecule is CCOC(=O)c1c(-c2cccs2)csc1NC(=O)/C=C/c1ccc(N(C)C)cc1. The standard InChI is InChI=1S/C22H22N2O3S2/c1-4-27-22(26)20-17(18-6-5-13-28-18)14-29-21(20)23-19(25)12-9-15-7-10-16(11-8-15)24(2)3/h5-14H,4H2,1-3H3,(H,23,25)/b12-9+. The molecule has 0 saturated heterocycles. The van der Waals surface area contributed by atoms with Gasteiger partial charge < -0.3 is 15.0 Å². The monoisotopic (exact) mass is 426 g/mol. The van der Waals surface area contributed by atoms with Gasteiger partial charge in [0.15, 0.2) is 0 Å². The van der Waals surface area contributed by atoms with Crippen LogP contribution in [0.4, 0.5) is 10.7 Å². The number of esters is 1. The molecule has 0 aliphatic heterocycles. The van der Waals surface area contributed by atoms with Crippen LogP contribution in [0.15, 0.2) is 53.2 Å². The van der Waals surface area contributed by atoms with Gasteiger partial charge in [-0.05, 0) is 42.1 Å². The van der Waals surface area contributed by atoms with Gasteiger partial charge in [0.25, 0.3) is 0 Å². The van der Waals surface area contributed by atoms with Crippen molar-refractivity contribution in [3.8, 4) is 10.4 Å². The van der Waals surface area contributed by atoms with Crippen molar-refractivity contribution < 1.29 is 14.3 Å².